The number of aryl methyl sites for hydroxylation is 1. The first-order valence-electron chi connectivity index (χ1n) is 6.15. The Morgan fingerprint density at radius 1 is 1.11 bits per heavy atom. The molecule has 0 amide bonds. The molecule has 0 aliphatic rings. The van der Waals surface area contributed by atoms with Gasteiger partial charge < -0.3 is 15.2 Å². The number of rotatable bonds is 5. The number of nitrogens with two attached hydrogens (primary N) is 1. The number of aromatic nitrogens is 1. The zero-order valence-electron chi connectivity index (χ0n) is 11.2. The molecule has 0 saturated carbocycles. The van der Waals surface area contributed by atoms with Crippen molar-refractivity contribution in [1.82, 2.24) is 4.98 Å². The van der Waals surface area contributed by atoms with Crippen molar-refractivity contribution in [2.45, 2.75) is 20.1 Å². The van der Waals surface area contributed by atoms with Crippen LogP contribution in [0.3, 0.4) is 0 Å². The lowest BCUT2D eigenvalue weighted by Gasteiger charge is -2.10. The summed E-state index contributed by atoms with van der Waals surface area (Å²) in [6.45, 7) is 2.82. The van der Waals surface area contributed by atoms with E-state index in [-0.39, 0.29) is 0 Å². The fourth-order valence-corrected chi connectivity index (χ4v) is 1.72. The van der Waals surface area contributed by atoms with Crippen LogP contribution in [-0.4, -0.2) is 12.1 Å². The second kappa shape index (κ2) is 6.20. The Morgan fingerprint density at radius 3 is 2.47 bits per heavy atom. The van der Waals surface area contributed by atoms with E-state index in [9.17, 15) is 0 Å². The van der Waals surface area contributed by atoms with Crippen molar-refractivity contribution in [1.29, 1.82) is 0 Å². The highest BCUT2D eigenvalue weighted by Gasteiger charge is 2.05. The van der Waals surface area contributed by atoms with Crippen LogP contribution in [0.15, 0.2) is 36.4 Å². The van der Waals surface area contributed by atoms with Gasteiger partial charge in [0.05, 0.1) is 7.11 Å². The van der Waals surface area contributed by atoms with Crippen LogP contribution in [0.5, 0.6) is 11.6 Å². The SMILES string of the molecule is COc1ccc(COc2nc(C)ccc2CN)cc1. The van der Waals surface area contributed by atoms with Gasteiger partial charge in [-0.2, -0.15) is 0 Å². The molecule has 2 N–H and O–H groups in total. The molecule has 0 saturated heterocycles. The third-order valence-electron chi connectivity index (χ3n) is 2.83. The number of nitrogens with zero attached hydrogens (tertiary/aromatic N) is 1. The third-order valence-corrected chi connectivity index (χ3v) is 2.83. The van der Waals surface area contributed by atoms with Crippen LogP contribution >= 0.6 is 0 Å². The first kappa shape index (κ1) is 13.4. The second-order valence-corrected chi connectivity index (χ2v) is 4.26. The van der Waals surface area contributed by atoms with Gasteiger partial charge in [0.15, 0.2) is 0 Å². The van der Waals surface area contributed by atoms with E-state index in [1.165, 1.54) is 0 Å². The largest absolute Gasteiger partial charge is 0.497 e. The van der Waals surface area contributed by atoms with Crippen molar-refractivity contribution in [3.05, 3.63) is 53.2 Å². The number of hydrogen-bond donors (Lipinski definition) is 1. The van der Waals surface area contributed by atoms with Crippen LogP contribution in [0.2, 0.25) is 0 Å². The van der Waals surface area contributed by atoms with Crippen LogP contribution in [0.1, 0.15) is 16.8 Å². The topological polar surface area (TPSA) is 57.4 Å². The molecule has 0 aliphatic heterocycles. The average molecular weight is 258 g/mol. The maximum absolute atomic E-state index is 5.74. The molecule has 4 heteroatoms. The number of benzene rings is 1. The maximum Gasteiger partial charge on any atom is 0.218 e. The molecule has 0 radical (unpaired) electrons. The smallest absolute Gasteiger partial charge is 0.218 e. The summed E-state index contributed by atoms with van der Waals surface area (Å²) in [6.07, 6.45) is 0. The standard InChI is InChI=1S/C15H18N2O2/c1-11-3-6-13(9-16)15(17-11)19-10-12-4-7-14(18-2)8-5-12/h3-8H,9-10,16H2,1-2H3. The zero-order chi connectivity index (χ0) is 13.7. The van der Waals surface area contributed by atoms with E-state index in [1.807, 2.05) is 43.3 Å². The van der Waals surface area contributed by atoms with Crippen molar-refractivity contribution >= 4 is 0 Å². The quantitative estimate of drug-likeness (QED) is 0.895. The lowest BCUT2D eigenvalue weighted by molar-refractivity contribution is 0.289. The molecule has 2 aromatic rings. The van der Waals surface area contributed by atoms with Gasteiger partial charge in [0, 0.05) is 17.8 Å². The predicted molar refractivity (Wildman–Crippen MR) is 74.2 cm³/mol. The predicted octanol–water partition coefficient (Wildman–Crippen LogP) is 2.44. The van der Waals surface area contributed by atoms with Gasteiger partial charge >= 0.3 is 0 Å². The lowest BCUT2D eigenvalue weighted by atomic mass is 10.2. The Balaban J connectivity index is 2.07. The molecule has 1 aromatic carbocycles. The van der Waals surface area contributed by atoms with E-state index in [4.69, 9.17) is 15.2 Å². The van der Waals surface area contributed by atoms with Gasteiger partial charge in [0.1, 0.15) is 12.4 Å². The van der Waals surface area contributed by atoms with E-state index >= 15 is 0 Å². The minimum Gasteiger partial charge on any atom is -0.497 e. The molecule has 19 heavy (non-hydrogen) atoms. The molecule has 0 unspecified atom stereocenters. The monoisotopic (exact) mass is 258 g/mol. The number of pyridine rings is 1. The van der Waals surface area contributed by atoms with Gasteiger partial charge in [-0.15, -0.1) is 0 Å². The van der Waals surface area contributed by atoms with Crippen LogP contribution < -0.4 is 15.2 Å². The summed E-state index contributed by atoms with van der Waals surface area (Å²) in [5.41, 5.74) is 8.57. The van der Waals surface area contributed by atoms with E-state index in [2.05, 4.69) is 4.98 Å². The van der Waals surface area contributed by atoms with Crippen LogP contribution in [0.4, 0.5) is 0 Å². The van der Waals surface area contributed by atoms with Gasteiger partial charge in [0.2, 0.25) is 5.88 Å². The van der Waals surface area contributed by atoms with Crippen LogP contribution in [0, 0.1) is 6.92 Å². The normalized spacial score (nSPS) is 10.3. The van der Waals surface area contributed by atoms with Gasteiger partial charge in [0.25, 0.3) is 0 Å². The van der Waals surface area contributed by atoms with E-state index < -0.39 is 0 Å². The van der Waals surface area contributed by atoms with Crippen molar-refractivity contribution in [2.75, 3.05) is 7.11 Å². The number of ether oxygens (including phenoxy) is 2. The Kier molecular flexibility index (Phi) is 4.36. The van der Waals surface area contributed by atoms with E-state index in [0.717, 1.165) is 22.6 Å². The molecule has 0 aliphatic carbocycles. The molecular formula is C15H18N2O2. The average Bonchev–Trinajstić information content (AvgIpc) is 2.46. The van der Waals surface area contributed by atoms with Crippen LogP contribution in [0.25, 0.3) is 0 Å². The summed E-state index contributed by atoms with van der Waals surface area (Å²) in [4.78, 5) is 4.37. The minimum absolute atomic E-state index is 0.422. The summed E-state index contributed by atoms with van der Waals surface area (Å²) < 4.78 is 10.9. The highest BCUT2D eigenvalue weighted by Crippen LogP contribution is 2.18. The summed E-state index contributed by atoms with van der Waals surface area (Å²) in [5, 5.41) is 0. The molecular weight excluding hydrogens is 240 g/mol. The van der Waals surface area contributed by atoms with Crippen LogP contribution in [-0.2, 0) is 13.2 Å². The van der Waals surface area contributed by atoms with Gasteiger partial charge in [-0.3, -0.25) is 0 Å². The van der Waals surface area contributed by atoms with Gasteiger partial charge in [-0.25, -0.2) is 4.98 Å². The summed E-state index contributed by atoms with van der Waals surface area (Å²) in [5.74, 6) is 1.44. The molecule has 0 spiro atoms. The third kappa shape index (κ3) is 3.45. The number of hydrogen-bond acceptors (Lipinski definition) is 4. The molecule has 0 atom stereocenters. The van der Waals surface area contributed by atoms with Crippen molar-refractivity contribution in [3.8, 4) is 11.6 Å². The second-order valence-electron chi connectivity index (χ2n) is 4.26. The van der Waals surface area contributed by atoms with Gasteiger partial charge in [-0.1, -0.05) is 18.2 Å². The summed E-state index contributed by atoms with van der Waals surface area (Å²) in [6, 6.07) is 11.6. The highest BCUT2D eigenvalue weighted by atomic mass is 16.5. The zero-order valence-corrected chi connectivity index (χ0v) is 11.2. The first-order chi connectivity index (χ1) is 9.22. The first-order valence-corrected chi connectivity index (χ1v) is 6.15. The molecule has 4 nitrogen and oxygen atoms in total. The van der Waals surface area contributed by atoms with E-state index in [0.29, 0.717) is 19.0 Å². The number of methoxy groups -OCH3 is 1. The molecule has 100 valence electrons. The fraction of sp³-hybridized carbons (Fsp3) is 0.267. The Morgan fingerprint density at radius 2 is 1.84 bits per heavy atom. The maximum atomic E-state index is 5.74. The molecule has 1 heterocycles. The highest BCUT2D eigenvalue weighted by molar-refractivity contribution is 5.29. The van der Waals surface area contributed by atoms with Crippen molar-refractivity contribution in [3.63, 3.8) is 0 Å². The molecule has 2 rings (SSSR count). The van der Waals surface area contributed by atoms with Crippen molar-refractivity contribution in [2.24, 2.45) is 5.73 Å². The Hall–Kier alpha value is -2.07. The van der Waals surface area contributed by atoms with Gasteiger partial charge in [-0.05, 0) is 30.7 Å². The fourth-order valence-electron chi connectivity index (χ4n) is 1.72. The minimum atomic E-state index is 0.422. The molecule has 1 aromatic heterocycles. The molecule has 0 bridgehead atoms. The summed E-state index contributed by atoms with van der Waals surface area (Å²) >= 11 is 0. The van der Waals surface area contributed by atoms with E-state index in [1.54, 1.807) is 7.11 Å². The Labute approximate surface area is 113 Å². The van der Waals surface area contributed by atoms with Crippen molar-refractivity contribution < 1.29 is 9.47 Å². The lowest BCUT2D eigenvalue weighted by Crippen LogP contribution is -2.05. The Bertz CT molecular complexity index is 538. The summed E-state index contributed by atoms with van der Waals surface area (Å²) in [7, 11) is 1.65. The molecule has 0 fully saturated rings.